The number of nitriles is 1. The van der Waals surface area contributed by atoms with Gasteiger partial charge in [-0.2, -0.15) is 5.26 Å². The molecule has 4 atom stereocenters. The van der Waals surface area contributed by atoms with Crippen LogP contribution in [0.1, 0.15) is 57.1 Å². The van der Waals surface area contributed by atoms with Gasteiger partial charge in [-0.05, 0) is 96.2 Å². The molecule has 0 aliphatic heterocycles. The van der Waals surface area contributed by atoms with Crippen LogP contribution in [0.4, 0.5) is 0 Å². The highest BCUT2D eigenvalue weighted by Gasteiger charge is 2.45. The fourth-order valence-corrected chi connectivity index (χ4v) is 7.96. The van der Waals surface area contributed by atoms with Crippen LogP contribution < -0.4 is 0 Å². The Kier molecular flexibility index (Phi) is 7.11. The summed E-state index contributed by atoms with van der Waals surface area (Å²) in [6, 6.07) is 37.5. The topological polar surface area (TPSA) is 62.5 Å². The van der Waals surface area contributed by atoms with Crippen LogP contribution in [-0.2, 0) is 5.41 Å². The van der Waals surface area contributed by atoms with Crippen LogP contribution in [0, 0.1) is 29.1 Å². The number of rotatable bonds is 5. The quantitative estimate of drug-likeness (QED) is 0.215. The summed E-state index contributed by atoms with van der Waals surface area (Å²) in [6.07, 6.45) is 6.35. The SMILES string of the molecule is C[C@@H]1C[C@@H]2C[C@H](C)CC(c3cc(-c4ccc(C#N)cc4)cc(-c4nc(-c5ccccc5)nc(-c5ccccc5)n4)c3)(C1)C2. The standard InChI is InChI=1S/C39H36N4/c1-26-17-29-18-27(2)23-39(22-26,24-29)35-20-33(30-15-13-28(25-40)14-16-30)19-34(21-35)38-42-36(31-9-5-3-6-10-31)41-37(43-38)32-11-7-4-8-12-32/h3-16,19-21,26-27,29H,17-18,22-24H2,1-2H3/t26-,27+,29-,39?. The summed E-state index contributed by atoms with van der Waals surface area (Å²) in [5.41, 5.74) is 7.40. The fourth-order valence-electron chi connectivity index (χ4n) is 7.96. The molecule has 212 valence electrons. The Bertz CT molecular complexity index is 1710. The number of benzene rings is 4. The minimum absolute atomic E-state index is 0.148. The average molecular weight is 561 g/mol. The van der Waals surface area contributed by atoms with Crippen molar-refractivity contribution in [3.05, 3.63) is 114 Å². The summed E-state index contributed by atoms with van der Waals surface area (Å²) in [5.74, 6) is 4.22. The van der Waals surface area contributed by atoms with Crippen molar-refractivity contribution in [2.75, 3.05) is 0 Å². The van der Waals surface area contributed by atoms with Crippen LogP contribution in [0.25, 0.3) is 45.3 Å². The zero-order valence-corrected chi connectivity index (χ0v) is 24.9. The van der Waals surface area contributed by atoms with E-state index < -0.39 is 0 Å². The third-order valence-electron chi connectivity index (χ3n) is 9.48. The van der Waals surface area contributed by atoms with E-state index in [2.05, 4.69) is 74.5 Å². The van der Waals surface area contributed by atoms with Gasteiger partial charge in [0.15, 0.2) is 17.5 Å². The van der Waals surface area contributed by atoms with Crippen LogP contribution in [0.5, 0.6) is 0 Å². The lowest BCUT2D eigenvalue weighted by Crippen LogP contribution is -2.42. The Hall–Kier alpha value is -4.62. The molecule has 2 bridgehead atoms. The van der Waals surface area contributed by atoms with Gasteiger partial charge in [-0.25, -0.2) is 15.0 Å². The Labute approximate surface area is 254 Å². The number of nitrogens with zero attached hydrogens (tertiary/aromatic N) is 4. The van der Waals surface area contributed by atoms with E-state index in [-0.39, 0.29) is 5.41 Å². The Balaban J connectivity index is 1.44. The largest absolute Gasteiger partial charge is 0.208 e. The zero-order chi connectivity index (χ0) is 29.4. The molecule has 0 radical (unpaired) electrons. The molecule has 1 unspecified atom stereocenters. The molecule has 2 aliphatic rings. The first-order chi connectivity index (χ1) is 21.0. The van der Waals surface area contributed by atoms with Crippen LogP contribution >= 0.6 is 0 Å². The van der Waals surface area contributed by atoms with Gasteiger partial charge < -0.3 is 0 Å². The van der Waals surface area contributed by atoms with Crippen molar-refractivity contribution in [3.8, 4) is 51.4 Å². The van der Waals surface area contributed by atoms with Crippen molar-refractivity contribution in [3.63, 3.8) is 0 Å². The zero-order valence-electron chi connectivity index (χ0n) is 24.9. The van der Waals surface area contributed by atoms with Crippen LogP contribution in [0.15, 0.2) is 103 Å². The molecule has 1 aromatic heterocycles. The second kappa shape index (κ2) is 11.2. The number of fused-ring (bicyclic) bond motifs is 2. The molecule has 4 nitrogen and oxygen atoms in total. The van der Waals surface area contributed by atoms with Crippen molar-refractivity contribution in [1.82, 2.24) is 15.0 Å². The van der Waals surface area contributed by atoms with Gasteiger partial charge in [0.1, 0.15) is 0 Å². The first-order valence-corrected chi connectivity index (χ1v) is 15.5. The minimum atomic E-state index is 0.148. The van der Waals surface area contributed by atoms with Crippen LogP contribution in [-0.4, -0.2) is 15.0 Å². The highest BCUT2D eigenvalue weighted by Crippen LogP contribution is 2.54. The monoisotopic (exact) mass is 560 g/mol. The molecule has 4 heteroatoms. The fraction of sp³-hybridized carbons (Fsp3) is 0.282. The highest BCUT2D eigenvalue weighted by molar-refractivity contribution is 5.74. The molecule has 0 N–H and O–H groups in total. The lowest BCUT2D eigenvalue weighted by molar-refractivity contribution is 0.0781. The third-order valence-corrected chi connectivity index (χ3v) is 9.48. The summed E-state index contributed by atoms with van der Waals surface area (Å²) in [7, 11) is 0. The molecule has 0 amide bonds. The molecular formula is C39H36N4. The predicted octanol–water partition coefficient (Wildman–Crippen LogP) is 9.52. The Morgan fingerprint density at radius 3 is 1.63 bits per heavy atom. The molecule has 0 spiro atoms. The molecular weight excluding hydrogens is 524 g/mol. The van der Waals surface area contributed by atoms with E-state index in [1.807, 2.05) is 48.5 Å². The molecule has 4 aromatic carbocycles. The van der Waals surface area contributed by atoms with E-state index in [1.54, 1.807) is 0 Å². The number of hydrogen-bond acceptors (Lipinski definition) is 4. The van der Waals surface area contributed by atoms with Crippen molar-refractivity contribution >= 4 is 0 Å². The molecule has 7 rings (SSSR count). The lowest BCUT2D eigenvalue weighted by atomic mass is 9.54. The van der Waals surface area contributed by atoms with Crippen molar-refractivity contribution < 1.29 is 0 Å². The molecule has 43 heavy (non-hydrogen) atoms. The summed E-state index contributed by atoms with van der Waals surface area (Å²) in [5, 5.41) is 9.42. The van der Waals surface area contributed by atoms with Crippen LogP contribution in [0.3, 0.4) is 0 Å². The molecule has 0 saturated heterocycles. The molecule has 2 fully saturated rings. The predicted molar refractivity (Wildman–Crippen MR) is 173 cm³/mol. The summed E-state index contributed by atoms with van der Waals surface area (Å²) in [4.78, 5) is 15.1. The van der Waals surface area contributed by atoms with Gasteiger partial charge in [0.25, 0.3) is 0 Å². The maximum atomic E-state index is 9.42. The van der Waals surface area contributed by atoms with E-state index >= 15 is 0 Å². The lowest BCUT2D eigenvalue weighted by Gasteiger charge is -2.50. The van der Waals surface area contributed by atoms with Crippen molar-refractivity contribution in [2.45, 2.75) is 51.4 Å². The van der Waals surface area contributed by atoms with E-state index in [0.29, 0.717) is 34.9 Å². The average Bonchev–Trinajstić information content (AvgIpc) is 3.04. The maximum absolute atomic E-state index is 9.42. The van der Waals surface area contributed by atoms with Gasteiger partial charge in [-0.3, -0.25) is 0 Å². The van der Waals surface area contributed by atoms with E-state index in [4.69, 9.17) is 15.0 Å². The second-order valence-corrected chi connectivity index (χ2v) is 13.0. The summed E-state index contributed by atoms with van der Waals surface area (Å²) in [6.45, 7) is 4.87. The molecule has 5 aromatic rings. The molecule has 1 heterocycles. The van der Waals surface area contributed by atoms with Gasteiger partial charge in [-0.15, -0.1) is 0 Å². The van der Waals surface area contributed by atoms with Crippen molar-refractivity contribution in [2.24, 2.45) is 17.8 Å². The minimum Gasteiger partial charge on any atom is -0.208 e. The first-order valence-electron chi connectivity index (χ1n) is 15.5. The highest BCUT2D eigenvalue weighted by atomic mass is 15.0. The van der Waals surface area contributed by atoms with Gasteiger partial charge >= 0.3 is 0 Å². The van der Waals surface area contributed by atoms with Crippen molar-refractivity contribution in [1.29, 1.82) is 5.26 Å². The van der Waals surface area contributed by atoms with Gasteiger partial charge in [0, 0.05) is 16.7 Å². The Morgan fingerprint density at radius 2 is 1.09 bits per heavy atom. The number of aromatic nitrogens is 3. The van der Waals surface area contributed by atoms with E-state index in [9.17, 15) is 5.26 Å². The number of hydrogen-bond donors (Lipinski definition) is 0. The maximum Gasteiger partial charge on any atom is 0.164 e. The summed E-state index contributed by atoms with van der Waals surface area (Å²) < 4.78 is 0. The van der Waals surface area contributed by atoms with Gasteiger partial charge in [-0.1, -0.05) is 92.7 Å². The van der Waals surface area contributed by atoms with Gasteiger partial charge in [0.05, 0.1) is 11.6 Å². The van der Waals surface area contributed by atoms with Gasteiger partial charge in [0.2, 0.25) is 0 Å². The first kappa shape index (κ1) is 27.2. The summed E-state index contributed by atoms with van der Waals surface area (Å²) >= 11 is 0. The third kappa shape index (κ3) is 5.48. The smallest absolute Gasteiger partial charge is 0.164 e. The van der Waals surface area contributed by atoms with E-state index in [1.165, 1.54) is 37.7 Å². The van der Waals surface area contributed by atoms with E-state index in [0.717, 1.165) is 33.7 Å². The van der Waals surface area contributed by atoms with Crippen LogP contribution in [0.2, 0.25) is 0 Å². The normalized spacial score (nSPS) is 23.0. The molecule has 2 saturated carbocycles. The Morgan fingerprint density at radius 1 is 0.581 bits per heavy atom. The molecule has 2 aliphatic carbocycles. The second-order valence-electron chi connectivity index (χ2n) is 13.0.